The van der Waals surface area contributed by atoms with Crippen molar-refractivity contribution in [2.24, 2.45) is 0 Å². The maximum Gasteiger partial charge on any atom is 0.286 e. The molecular formula is C25H39ClN3OP. The van der Waals surface area contributed by atoms with Crippen molar-refractivity contribution < 1.29 is 4.57 Å². The van der Waals surface area contributed by atoms with Gasteiger partial charge in [-0.2, -0.15) is 0 Å². The fraction of sp³-hybridized carbons (Fsp3) is 0.680. The summed E-state index contributed by atoms with van der Waals surface area (Å²) in [6, 6.07) is 8.48. The first-order valence-electron chi connectivity index (χ1n) is 12.0. The summed E-state index contributed by atoms with van der Waals surface area (Å²) in [5.74, 6) is 6.72. The van der Waals surface area contributed by atoms with Crippen molar-refractivity contribution in [3.05, 3.63) is 34.9 Å². The van der Waals surface area contributed by atoms with Gasteiger partial charge >= 0.3 is 0 Å². The Kier molecular flexibility index (Phi) is 8.70. The third-order valence-electron chi connectivity index (χ3n) is 6.47. The van der Waals surface area contributed by atoms with E-state index in [0.717, 1.165) is 37.7 Å². The normalized spacial score (nSPS) is 24.8. The van der Waals surface area contributed by atoms with Crippen LogP contribution < -0.4 is 5.09 Å². The highest BCUT2D eigenvalue weighted by Gasteiger charge is 2.57. The van der Waals surface area contributed by atoms with Crippen LogP contribution in [0, 0.1) is 11.8 Å². The first kappa shape index (κ1) is 24.8. The minimum absolute atomic E-state index is 0.188. The van der Waals surface area contributed by atoms with Crippen LogP contribution in [0.4, 0.5) is 0 Å². The molecule has 1 aromatic rings. The van der Waals surface area contributed by atoms with Crippen LogP contribution in [0.1, 0.15) is 91.2 Å². The summed E-state index contributed by atoms with van der Waals surface area (Å²) in [5, 5.41) is 4.26. The number of hydrogen-bond acceptors (Lipinski definition) is 1. The number of benzene rings is 1. The van der Waals surface area contributed by atoms with Gasteiger partial charge in [-0.15, -0.1) is 5.92 Å². The fourth-order valence-electron chi connectivity index (χ4n) is 5.25. The predicted molar refractivity (Wildman–Crippen MR) is 132 cm³/mol. The Balaban J connectivity index is 2.04. The molecule has 0 aromatic heterocycles. The van der Waals surface area contributed by atoms with Crippen molar-refractivity contribution in [1.82, 2.24) is 14.4 Å². The molecule has 0 radical (unpaired) electrons. The van der Waals surface area contributed by atoms with E-state index in [1.54, 1.807) is 0 Å². The Morgan fingerprint density at radius 1 is 1.10 bits per heavy atom. The zero-order chi connectivity index (χ0) is 22.6. The van der Waals surface area contributed by atoms with E-state index in [1.807, 2.05) is 24.3 Å². The third-order valence-corrected chi connectivity index (χ3v) is 10.2. The smallest absolute Gasteiger partial charge is 0.270 e. The van der Waals surface area contributed by atoms with E-state index in [9.17, 15) is 4.57 Å². The molecule has 0 unspecified atom stereocenters. The molecule has 1 heterocycles. The van der Waals surface area contributed by atoms with Crippen LogP contribution in [0.3, 0.4) is 0 Å². The minimum Gasteiger partial charge on any atom is -0.270 e. The Morgan fingerprint density at radius 3 is 2.19 bits per heavy atom. The maximum atomic E-state index is 14.9. The average molecular weight is 464 g/mol. The average Bonchev–Trinajstić information content (AvgIpc) is 2.98. The van der Waals surface area contributed by atoms with E-state index < -0.39 is 7.59 Å². The lowest BCUT2D eigenvalue weighted by Crippen LogP contribution is -2.43. The number of hydrogen-bond donors (Lipinski definition) is 1. The Labute approximate surface area is 194 Å². The molecule has 1 aliphatic carbocycles. The van der Waals surface area contributed by atoms with E-state index >= 15 is 0 Å². The second kappa shape index (κ2) is 10.9. The standard InChI is InChI=1S/C25H39ClN3OP/c1-6-7-8-9-16-23(21-14-10-11-15-22(21)26)27-31(30)28(19(2)3)24-17-12-13-18-25(24)29(31)20(4)5/h10-11,14-15,19-20,23-25H,6-8,12-13,17-18H2,1-5H3,(H,27,30)/t23-,24-,25-/m1/s1. The van der Waals surface area contributed by atoms with Gasteiger partial charge in [-0.25, -0.2) is 14.4 Å². The van der Waals surface area contributed by atoms with Crippen LogP contribution in [0.25, 0.3) is 0 Å². The van der Waals surface area contributed by atoms with Gasteiger partial charge in [-0.05, 0) is 53.0 Å². The van der Waals surface area contributed by atoms with Crippen LogP contribution in [-0.2, 0) is 4.57 Å². The van der Waals surface area contributed by atoms with Crippen molar-refractivity contribution in [2.75, 3.05) is 0 Å². The Bertz CT molecular complexity index is 819. The molecule has 3 atom stereocenters. The lowest BCUT2D eigenvalue weighted by Gasteiger charge is -2.37. The Morgan fingerprint density at radius 2 is 1.68 bits per heavy atom. The second-order valence-electron chi connectivity index (χ2n) is 9.42. The minimum atomic E-state index is -3.05. The van der Waals surface area contributed by atoms with Gasteiger partial charge in [0.25, 0.3) is 7.59 Å². The summed E-state index contributed by atoms with van der Waals surface area (Å²) in [6.07, 6.45) is 7.66. The number of nitrogens with zero attached hydrogens (tertiary/aromatic N) is 2. The van der Waals surface area contributed by atoms with E-state index in [4.69, 9.17) is 11.6 Å². The summed E-state index contributed by atoms with van der Waals surface area (Å²) in [4.78, 5) is 0. The molecule has 0 spiro atoms. The van der Waals surface area contributed by atoms with Crippen molar-refractivity contribution in [2.45, 2.75) is 110 Å². The molecule has 172 valence electrons. The van der Waals surface area contributed by atoms with Crippen molar-refractivity contribution >= 4 is 19.2 Å². The first-order chi connectivity index (χ1) is 14.8. The number of fused-ring (bicyclic) bond motifs is 1. The molecule has 3 rings (SSSR count). The maximum absolute atomic E-state index is 14.9. The largest absolute Gasteiger partial charge is 0.286 e. The number of unbranched alkanes of at least 4 members (excludes halogenated alkanes) is 2. The highest BCUT2D eigenvalue weighted by molar-refractivity contribution is 7.57. The van der Waals surface area contributed by atoms with Crippen LogP contribution in [-0.4, -0.2) is 33.5 Å². The van der Waals surface area contributed by atoms with Gasteiger partial charge < -0.3 is 0 Å². The highest BCUT2D eigenvalue weighted by Crippen LogP contribution is 2.63. The third kappa shape index (κ3) is 5.23. The molecule has 6 heteroatoms. The molecule has 2 fully saturated rings. The zero-order valence-corrected chi connectivity index (χ0v) is 21.4. The fourth-order valence-corrected chi connectivity index (χ4v) is 9.14. The quantitative estimate of drug-likeness (QED) is 0.268. The van der Waals surface area contributed by atoms with Crippen LogP contribution in [0.15, 0.2) is 24.3 Å². The summed E-state index contributed by atoms with van der Waals surface area (Å²) in [6.45, 7) is 10.8. The van der Waals surface area contributed by atoms with Crippen LogP contribution in [0.2, 0.25) is 5.02 Å². The molecule has 1 aliphatic heterocycles. The van der Waals surface area contributed by atoms with Crippen LogP contribution in [0.5, 0.6) is 0 Å². The van der Waals surface area contributed by atoms with Gasteiger partial charge in [0.15, 0.2) is 0 Å². The van der Waals surface area contributed by atoms with Gasteiger partial charge in [0.1, 0.15) is 6.04 Å². The first-order valence-corrected chi connectivity index (χ1v) is 14.0. The summed E-state index contributed by atoms with van der Waals surface area (Å²) >= 11 is 6.59. The molecular weight excluding hydrogens is 425 g/mol. The molecule has 31 heavy (non-hydrogen) atoms. The van der Waals surface area contributed by atoms with E-state index in [-0.39, 0.29) is 18.1 Å². The molecule has 4 nitrogen and oxygen atoms in total. The van der Waals surface area contributed by atoms with E-state index in [1.165, 1.54) is 12.8 Å². The van der Waals surface area contributed by atoms with Gasteiger partial charge in [-0.3, -0.25) is 4.57 Å². The molecule has 1 aromatic carbocycles. The summed E-state index contributed by atoms with van der Waals surface area (Å²) < 4.78 is 19.5. The molecule has 1 saturated heterocycles. The summed E-state index contributed by atoms with van der Waals surface area (Å²) in [5.41, 5.74) is 0.908. The summed E-state index contributed by atoms with van der Waals surface area (Å²) in [7, 11) is -3.05. The van der Waals surface area contributed by atoms with Gasteiger partial charge in [0.2, 0.25) is 0 Å². The number of nitrogens with one attached hydrogen (secondary N) is 1. The second-order valence-corrected chi connectivity index (χ2v) is 12.1. The van der Waals surface area contributed by atoms with E-state index in [0.29, 0.717) is 17.1 Å². The van der Waals surface area contributed by atoms with Gasteiger partial charge in [-0.1, -0.05) is 61.9 Å². The highest BCUT2D eigenvalue weighted by atomic mass is 35.5. The van der Waals surface area contributed by atoms with Crippen molar-refractivity contribution in [3.63, 3.8) is 0 Å². The molecule has 1 N–H and O–H groups in total. The molecule has 0 amide bonds. The SMILES string of the molecule is CCCCC#C[C@@H](NP1(=O)N(C(C)C)[C@@H]2CCCC[C@H]2N1C(C)C)c1ccccc1Cl. The van der Waals surface area contributed by atoms with Crippen molar-refractivity contribution in [3.8, 4) is 11.8 Å². The zero-order valence-electron chi connectivity index (χ0n) is 19.8. The van der Waals surface area contributed by atoms with E-state index in [2.05, 4.69) is 60.9 Å². The van der Waals surface area contributed by atoms with Crippen LogP contribution >= 0.6 is 19.2 Å². The monoisotopic (exact) mass is 463 g/mol. The van der Waals surface area contributed by atoms with Gasteiger partial charge in [0, 0.05) is 41.2 Å². The molecule has 1 saturated carbocycles. The molecule has 2 aliphatic rings. The Hall–Kier alpha value is -0.820. The number of halogens is 1. The predicted octanol–water partition coefficient (Wildman–Crippen LogP) is 7.02. The van der Waals surface area contributed by atoms with Crippen molar-refractivity contribution in [1.29, 1.82) is 0 Å². The van der Waals surface area contributed by atoms with Gasteiger partial charge in [0.05, 0.1) is 0 Å². The lowest BCUT2D eigenvalue weighted by molar-refractivity contribution is 0.173. The topological polar surface area (TPSA) is 35.6 Å². The lowest BCUT2D eigenvalue weighted by atomic mass is 9.89. The molecule has 0 bridgehead atoms. The number of rotatable bonds is 7.